The Kier molecular flexibility index (Phi) is 1.62. The molecule has 0 saturated heterocycles. The Labute approximate surface area is 86.2 Å². The van der Waals surface area contributed by atoms with E-state index in [1.54, 1.807) is 6.20 Å². The molecule has 1 aromatic carbocycles. The summed E-state index contributed by atoms with van der Waals surface area (Å²) >= 11 is 0. The van der Waals surface area contributed by atoms with Crippen LogP contribution in [0, 0.1) is 0 Å². The summed E-state index contributed by atoms with van der Waals surface area (Å²) in [5, 5.41) is 4.14. The number of para-hydroxylation sites is 1. The average Bonchev–Trinajstić information content (AvgIpc) is 2.85. The van der Waals surface area contributed by atoms with Gasteiger partial charge >= 0.3 is 0 Å². The van der Waals surface area contributed by atoms with E-state index < -0.39 is 0 Å². The number of hydrogen-bond acceptors (Lipinski definition) is 3. The number of nitrogens with zero attached hydrogens (tertiary/aromatic N) is 3. The maximum atomic E-state index is 5.38. The van der Waals surface area contributed by atoms with Crippen LogP contribution < -0.4 is 0 Å². The second-order valence-corrected chi connectivity index (χ2v) is 3.35. The summed E-state index contributed by atoms with van der Waals surface area (Å²) in [6, 6.07) is 7.85. The van der Waals surface area contributed by atoms with Gasteiger partial charge in [-0.05, 0) is 18.2 Å². The van der Waals surface area contributed by atoms with Crippen molar-refractivity contribution in [2.75, 3.05) is 0 Å². The van der Waals surface area contributed by atoms with Gasteiger partial charge in [-0.25, -0.2) is 4.98 Å². The lowest BCUT2D eigenvalue weighted by Crippen LogP contribution is -1.93. The predicted octanol–water partition coefficient (Wildman–Crippen LogP) is 2.23. The fraction of sp³-hybridized carbons (Fsp3) is 0.0909. The molecule has 0 saturated carbocycles. The van der Waals surface area contributed by atoms with E-state index in [1.807, 2.05) is 36.0 Å². The Morgan fingerprint density at radius 3 is 3.00 bits per heavy atom. The Balaban J connectivity index is 2.36. The van der Waals surface area contributed by atoms with Crippen molar-refractivity contribution in [1.29, 1.82) is 0 Å². The van der Waals surface area contributed by atoms with Gasteiger partial charge in [0.05, 0.1) is 5.69 Å². The van der Waals surface area contributed by atoms with Gasteiger partial charge in [-0.2, -0.15) is 5.10 Å². The Bertz CT molecular complexity index is 609. The first-order valence-electron chi connectivity index (χ1n) is 4.67. The third-order valence-electron chi connectivity index (χ3n) is 2.45. The Morgan fingerprint density at radius 2 is 2.20 bits per heavy atom. The molecule has 0 radical (unpaired) electrons. The summed E-state index contributed by atoms with van der Waals surface area (Å²) in [4.78, 5) is 4.12. The van der Waals surface area contributed by atoms with Crippen LogP contribution in [0.15, 0.2) is 41.3 Å². The number of rotatable bonds is 1. The summed E-state index contributed by atoms with van der Waals surface area (Å²) in [7, 11) is 1.91. The Morgan fingerprint density at radius 1 is 1.27 bits per heavy atom. The molecule has 15 heavy (non-hydrogen) atoms. The van der Waals surface area contributed by atoms with Crippen molar-refractivity contribution in [3.05, 3.63) is 36.9 Å². The maximum absolute atomic E-state index is 5.38. The molecule has 0 atom stereocenters. The molecule has 2 aromatic heterocycles. The molecular weight excluding hydrogens is 190 g/mol. The van der Waals surface area contributed by atoms with E-state index in [-0.39, 0.29) is 0 Å². The molecule has 0 unspecified atom stereocenters. The van der Waals surface area contributed by atoms with Crippen LogP contribution >= 0.6 is 0 Å². The molecule has 2 heterocycles. The number of benzene rings is 1. The second kappa shape index (κ2) is 2.95. The minimum Gasteiger partial charge on any atom is -0.443 e. The van der Waals surface area contributed by atoms with Crippen LogP contribution in [-0.2, 0) is 7.05 Å². The first-order valence-corrected chi connectivity index (χ1v) is 4.67. The standard InChI is InChI=1S/C11H9N3O/c1-14-10(5-6-13-14)8-3-2-4-9-11(8)15-7-12-9/h2-7H,1H3. The van der Waals surface area contributed by atoms with Crippen molar-refractivity contribution >= 4 is 11.1 Å². The van der Waals surface area contributed by atoms with Gasteiger partial charge < -0.3 is 4.42 Å². The van der Waals surface area contributed by atoms with E-state index in [2.05, 4.69) is 10.1 Å². The van der Waals surface area contributed by atoms with E-state index in [4.69, 9.17) is 4.42 Å². The van der Waals surface area contributed by atoms with Gasteiger partial charge in [0.15, 0.2) is 12.0 Å². The minimum absolute atomic E-state index is 0.807. The minimum atomic E-state index is 0.807. The van der Waals surface area contributed by atoms with Crippen LogP contribution in [0.3, 0.4) is 0 Å². The molecular formula is C11H9N3O. The summed E-state index contributed by atoms with van der Waals surface area (Å²) < 4.78 is 7.19. The molecule has 3 rings (SSSR count). The van der Waals surface area contributed by atoms with Crippen molar-refractivity contribution in [3.8, 4) is 11.3 Å². The number of aryl methyl sites for hydroxylation is 1. The van der Waals surface area contributed by atoms with Gasteiger partial charge in [-0.1, -0.05) is 6.07 Å². The highest BCUT2D eigenvalue weighted by atomic mass is 16.3. The Hall–Kier alpha value is -2.10. The maximum Gasteiger partial charge on any atom is 0.182 e. The van der Waals surface area contributed by atoms with Crippen LogP contribution in [0.4, 0.5) is 0 Å². The highest BCUT2D eigenvalue weighted by Gasteiger charge is 2.09. The first kappa shape index (κ1) is 8.23. The SMILES string of the molecule is Cn1nccc1-c1cccc2ncoc12. The molecule has 0 aliphatic carbocycles. The van der Waals surface area contributed by atoms with Crippen molar-refractivity contribution in [2.45, 2.75) is 0 Å². The second-order valence-electron chi connectivity index (χ2n) is 3.35. The molecule has 0 spiro atoms. The van der Waals surface area contributed by atoms with Crippen LogP contribution in [0.25, 0.3) is 22.4 Å². The van der Waals surface area contributed by atoms with Crippen LogP contribution in [0.5, 0.6) is 0 Å². The highest BCUT2D eigenvalue weighted by molar-refractivity contribution is 5.88. The smallest absolute Gasteiger partial charge is 0.182 e. The average molecular weight is 199 g/mol. The monoisotopic (exact) mass is 199 g/mol. The zero-order valence-electron chi connectivity index (χ0n) is 8.21. The molecule has 0 amide bonds. The van der Waals surface area contributed by atoms with E-state index in [0.717, 1.165) is 22.4 Å². The normalized spacial score (nSPS) is 11.0. The third-order valence-corrected chi connectivity index (χ3v) is 2.45. The largest absolute Gasteiger partial charge is 0.443 e. The topological polar surface area (TPSA) is 43.9 Å². The van der Waals surface area contributed by atoms with Crippen molar-refractivity contribution < 1.29 is 4.42 Å². The summed E-state index contributed by atoms with van der Waals surface area (Å²) in [5.74, 6) is 0. The number of hydrogen-bond donors (Lipinski definition) is 0. The molecule has 0 fully saturated rings. The molecule has 74 valence electrons. The summed E-state index contributed by atoms with van der Waals surface area (Å²) in [6.07, 6.45) is 3.23. The molecule has 0 bridgehead atoms. The number of fused-ring (bicyclic) bond motifs is 1. The van der Waals surface area contributed by atoms with E-state index in [9.17, 15) is 0 Å². The number of aromatic nitrogens is 3. The molecule has 3 aromatic rings. The lowest BCUT2D eigenvalue weighted by molar-refractivity contribution is 0.602. The van der Waals surface area contributed by atoms with Crippen molar-refractivity contribution in [3.63, 3.8) is 0 Å². The highest BCUT2D eigenvalue weighted by Crippen LogP contribution is 2.27. The van der Waals surface area contributed by atoms with Gasteiger partial charge in [0.25, 0.3) is 0 Å². The van der Waals surface area contributed by atoms with Crippen molar-refractivity contribution in [2.24, 2.45) is 7.05 Å². The van der Waals surface area contributed by atoms with Gasteiger partial charge in [0.2, 0.25) is 0 Å². The lowest BCUT2D eigenvalue weighted by Gasteiger charge is -2.01. The zero-order valence-corrected chi connectivity index (χ0v) is 8.21. The van der Waals surface area contributed by atoms with Crippen LogP contribution in [-0.4, -0.2) is 14.8 Å². The summed E-state index contributed by atoms with van der Waals surface area (Å²) in [5.41, 5.74) is 3.72. The van der Waals surface area contributed by atoms with E-state index in [0.29, 0.717) is 0 Å². The van der Waals surface area contributed by atoms with E-state index in [1.165, 1.54) is 6.39 Å². The zero-order chi connectivity index (χ0) is 10.3. The summed E-state index contributed by atoms with van der Waals surface area (Å²) in [6.45, 7) is 0. The first-order chi connectivity index (χ1) is 7.36. The fourth-order valence-corrected chi connectivity index (χ4v) is 1.73. The third kappa shape index (κ3) is 1.15. The fourth-order valence-electron chi connectivity index (χ4n) is 1.73. The number of oxazole rings is 1. The molecule has 0 N–H and O–H groups in total. The lowest BCUT2D eigenvalue weighted by atomic mass is 10.1. The molecule has 4 nitrogen and oxygen atoms in total. The van der Waals surface area contributed by atoms with Crippen LogP contribution in [0.2, 0.25) is 0 Å². The van der Waals surface area contributed by atoms with Gasteiger partial charge in [-0.3, -0.25) is 4.68 Å². The molecule has 0 aliphatic heterocycles. The van der Waals surface area contributed by atoms with Gasteiger partial charge in [-0.15, -0.1) is 0 Å². The van der Waals surface area contributed by atoms with Crippen molar-refractivity contribution in [1.82, 2.24) is 14.8 Å². The van der Waals surface area contributed by atoms with Gasteiger partial charge in [0.1, 0.15) is 5.52 Å². The predicted molar refractivity (Wildman–Crippen MR) is 56.2 cm³/mol. The van der Waals surface area contributed by atoms with Gasteiger partial charge in [0, 0.05) is 18.8 Å². The van der Waals surface area contributed by atoms with E-state index >= 15 is 0 Å². The van der Waals surface area contributed by atoms with Crippen LogP contribution in [0.1, 0.15) is 0 Å². The molecule has 0 aliphatic rings. The quantitative estimate of drug-likeness (QED) is 0.603. The molecule has 4 heteroatoms.